The van der Waals surface area contributed by atoms with Crippen LogP contribution in [-0.2, 0) is 0 Å². The van der Waals surface area contributed by atoms with Gasteiger partial charge >= 0.3 is 0 Å². The van der Waals surface area contributed by atoms with Gasteiger partial charge < -0.3 is 0 Å². The molecule has 1 nitrogen and oxygen atoms in total. The molecular weight excluding hydrogens is 196 g/mol. The molecule has 75 valence electrons. The molecule has 0 saturated heterocycles. The molecule has 0 spiro atoms. The third kappa shape index (κ3) is 1.29. The van der Waals surface area contributed by atoms with Gasteiger partial charge in [-0.1, -0.05) is 42.5 Å². The Morgan fingerprint density at radius 1 is 0.938 bits per heavy atom. The van der Waals surface area contributed by atoms with E-state index < -0.39 is 0 Å². The van der Waals surface area contributed by atoms with Crippen LogP contribution in [0.5, 0.6) is 0 Å². The molecule has 0 aliphatic heterocycles. The number of hydrogen-bond acceptors (Lipinski definition) is 1. The predicted octanol–water partition coefficient (Wildman–Crippen LogP) is 3.61. The van der Waals surface area contributed by atoms with Crippen molar-refractivity contribution in [2.75, 3.05) is 0 Å². The largest absolute Gasteiger partial charge is 0.298 e. The molecule has 0 N–H and O–H groups in total. The molecule has 3 aromatic carbocycles. The maximum Gasteiger partial charge on any atom is 0.150 e. The summed E-state index contributed by atoms with van der Waals surface area (Å²) in [5, 5.41) is 4.15. The van der Waals surface area contributed by atoms with Gasteiger partial charge in [-0.15, -0.1) is 0 Å². The van der Waals surface area contributed by atoms with Crippen LogP contribution >= 0.6 is 0 Å². The average molecular weight is 205 g/mol. The molecule has 0 aliphatic rings. The lowest BCUT2D eigenvalue weighted by atomic mass is 10.0. The van der Waals surface area contributed by atoms with Gasteiger partial charge in [0, 0.05) is 5.56 Å². The SMILES string of the molecule is O=Cc1cccc2[c]c3ccccc3cc12. The van der Waals surface area contributed by atoms with Crippen LogP contribution in [0.2, 0.25) is 0 Å². The number of carbonyl (C=O) groups excluding carboxylic acids is 1. The number of benzene rings is 3. The van der Waals surface area contributed by atoms with E-state index in [0.29, 0.717) is 0 Å². The summed E-state index contributed by atoms with van der Waals surface area (Å²) in [4.78, 5) is 10.9. The van der Waals surface area contributed by atoms with Gasteiger partial charge in [-0.25, -0.2) is 0 Å². The Balaban J connectivity index is 2.51. The third-order valence-electron chi connectivity index (χ3n) is 2.80. The van der Waals surface area contributed by atoms with Gasteiger partial charge in [0.2, 0.25) is 0 Å². The normalized spacial score (nSPS) is 10.8. The molecule has 1 heteroatoms. The van der Waals surface area contributed by atoms with E-state index in [1.54, 1.807) is 0 Å². The summed E-state index contributed by atoms with van der Waals surface area (Å²) in [5.41, 5.74) is 0.722. The van der Waals surface area contributed by atoms with Crippen LogP contribution < -0.4 is 0 Å². The fourth-order valence-corrected chi connectivity index (χ4v) is 1.99. The van der Waals surface area contributed by atoms with E-state index in [0.717, 1.165) is 33.4 Å². The maximum absolute atomic E-state index is 10.9. The van der Waals surface area contributed by atoms with Gasteiger partial charge in [-0.3, -0.25) is 4.79 Å². The van der Waals surface area contributed by atoms with Gasteiger partial charge in [0.05, 0.1) is 0 Å². The van der Waals surface area contributed by atoms with Crippen LogP contribution in [0.15, 0.2) is 48.5 Å². The molecule has 0 saturated carbocycles. The van der Waals surface area contributed by atoms with Crippen LogP contribution in [0.1, 0.15) is 10.4 Å². The highest BCUT2D eigenvalue weighted by Gasteiger charge is 2.01. The first-order chi connectivity index (χ1) is 7.88. The Bertz CT molecular complexity index is 683. The summed E-state index contributed by atoms with van der Waals surface area (Å²) in [6.07, 6.45) is 0.894. The molecule has 0 amide bonds. The van der Waals surface area contributed by atoms with Crippen molar-refractivity contribution in [1.82, 2.24) is 0 Å². The first-order valence-electron chi connectivity index (χ1n) is 5.17. The first-order valence-corrected chi connectivity index (χ1v) is 5.17. The first kappa shape index (κ1) is 9.10. The monoisotopic (exact) mass is 205 g/mol. The molecule has 16 heavy (non-hydrogen) atoms. The van der Waals surface area contributed by atoms with Crippen LogP contribution in [-0.4, -0.2) is 6.29 Å². The highest BCUT2D eigenvalue weighted by atomic mass is 16.1. The van der Waals surface area contributed by atoms with Gasteiger partial charge in [-0.2, -0.15) is 0 Å². The molecule has 3 rings (SSSR count). The minimum absolute atomic E-state index is 0.722. The smallest absolute Gasteiger partial charge is 0.150 e. The quantitative estimate of drug-likeness (QED) is 0.438. The van der Waals surface area contributed by atoms with E-state index in [2.05, 4.69) is 6.07 Å². The van der Waals surface area contributed by atoms with Crippen molar-refractivity contribution in [3.8, 4) is 0 Å². The Kier molecular flexibility index (Phi) is 1.97. The van der Waals surface area contributed by atoms with Crippen molar-refractivity contribution < 1.29 is 4.79 Å². The summed E-state index contributed by atoms with van der Waals surface area (Å²) >= 11 is 0. The van der Waals surface area contributed by atoms with E-state index >= 15 is 0 Å². The molecule has 0 aromatic heterocycles. The van der Waals surface area contributed by atoms with Crippen molar-refractivity contribution in [3.05, 3.63) is 60.2 Å². The summed E-state index contributed by atoms with van der Waals surface area (Å²) in [7, 11) is 0. The van der Waals surface area contributed by atoms with Crippen molar-refractivity contribution in [1.29, 1.82) is 0 Å². The summed E-state index contributed by atoms with van der Waals surface area (Å²) in [5.74, 6) is 0. The van der Waals surface area contributed by atoms with E-state index in [4.69, 9.17) is 0 Å². The number of carbonyl (C=O) groups is 1. The molecule has 1 radical (unpaired) electrons. The van der Waals surface area contributed by atoms with Gasteiger partial charge in [0.25, 0.3) is 0 Å². The number of hydrogen-bond donors (Lipinski definition) is 0. The maximum atomic E-state index is 10.9. The van der Waals surface area contributed by atoms with Gasteiger partial charge in [-0.05, 0) is 33.7 Å². The number of aldehydes is 1. The zero-order valence-corrected chi connectivity index (χ0v) is 8.60. The Hall–Kier alpha value is -2.15. The minimum atomic E-state index is 0.722. The molecule has 0 bridgehead atoms. The Morgan fingerprint density at radius 3 is 2.62 bits per heavy atom. The van der Waals surface area contributed by atoms with E-state index in [9.17, 15) is 4.79 Å². The highest BCUT2D eigenvalue weighted by molar-refractivity contribution is 6.04. The zero-order chi connectivity index (χ0) is 11.0. The van der Waals surface area contributed by atoms with Crippen molar-refractivity contribution in [3.63, 3.8) is 0 Å². The second kappa shape index (κ2) is 3.46. The minimum Gasteiger partial charge on any atom is -0.298 e. The van der Waals surface area contributed by atoms with E-state index in [-0.39, 0.29) is 0 Å². The standard InChI is InChI=1S/C15H9O/c16-10-14-7-3-6-13-8-11-4-1-2-5-12(11)9-15(13)14/h1-7,9-10H. The average Bonchev–Trinajstić information content (AvgIpc) is 2.35. The second-order valence-electron chi connectivity index (χ2n) is 3.78. The van der Waals surface area contributed by atoms with Crippen LogP contribution in [0, 0.1) is 6.07 Å². The summed E-state index contributed by atoms with van der Waals surface area (Å²) in [6.45, 7) is 0. The zero-order valence-electron chi connectivity index (χ0n) is 8.60. The predicted molar refractivity (Wildman–Crippen MR) is 65.7 cm³/mol. The Morgan fingerprint density at radius 2 is 1.75 bits per heavy atom. The molecule has 3 aromatic rings. The molecular formula is C15H9O. The molecule has 0 unspecified atom stereocenters. The number of fused-ring (bicyclic) bond motifs is 2. The van der Waals surface area contributed by atoms with Gasteiger partial charge in [0.1, 0.15) is 0 Å². The van der Waals surface area contributed by atoms with Crippen molar-refractivity contribution in [2.24, 2.45) is 0 Å². The van der Waals surface area contributed by atoms with Crippen LogP contribution in [0.25, 0.3) is 21.5 Å². The molecule has 0 atom stereocenters. The summed E-state index contributed by atoms with van der Waals surface area (Å²) < 4.78 is 0. The lowest BCUT2D eigenvalue weighted by molar-refractivity contribution is 0.112. The van der Waals surface area contributed by atoms with Crippen molar-refractivity contribution >= 4 is 27.8 Å². The van der Waals surface area contributed by atoms with Crippen molar-refractivity contribution in [2.45, 2.75) is 0 Å². The molecule has 0 fully saturated rings. The third-order valence-corrected chi connectivity index (χ3v) is 2.80. The fourth-order valence-electron chi connectivity index (χ4n) is 1.99. The van der Waals surface area contributed by atoms with Crippen LogP contribution in [0.4, 0.5) is 0 Å². The number of rotatable bonds is 1. The van der Waals surface area contributed by atoms with E-state index in [1.165, 1.54) is 0 Å². The molecule has 0 aliphatic carbocycles. The highest BCUT2D eigenvalue weighted by Crippen LogP contribution is 2.23. The fraction of sp³-hybridized carbons (Fsp3) is 0. The summed E-state index contributed by atoms with van der Waals surface area (Å²) in [6, 6.07) is 19.1. The van der Waals surface area contributed by atoms with Crippen LogP contribution in [0.3, 0.4) is 0 Å². The lowest BCUT2D eigenvalue weighted by Crippen LogP contribution is -1.83. The Labute approximate surface area is 93.3 Å². The second-order valence-corrected chi connectivity index (χ2v) is 3.78. The lowest BCUT2D eigenvalue weighted by Gasteiger charge is -2.03. The van der Waals surface area contributed by atoms with E-state index in [1.807, 2.05) is 48.5 Å². The molecule has 0 heterocycles. The topological polar surface area (TPSA) is 17.1 Å². The van der Waals surface area contributed by atoms with Gasteiger partial charge in [0.15, 0.2) is 6.29 Å².